The molecular formula is C18H27N3. The van der Waals surface area contributed by atoms with Crippen LogP contribution in [0.25, 0.3) is 5.69 Å². The van der Waals surface area contributed by atoms with Gasteiger partial charge in [-0.1, -0.05) is 44.7 Å². The number of hydrogen-bond acceptors (Lipinski definition) is 2. The van der Waals surface area contributed by atoms with Crippen LogP contribution in [0.3, 0.4) is 0 Å². The molecule has 0 saturated carbocycles. The molecule has 1 unspecified atom stereocenters. The highest BCUT2D eigenvalue weighted by Crippen LogP contribution is 2.10. The zero-order chi connectivity index (χ0) is 14.9. The SMILES string of the molecule is CCCCCCC(C)NCc1ccc(-n2ccnc2)cc1. The molecule has 0 fully saturated rings. The van der Waals surface area contributed by atoms with E-state index in [2.05, 4.69) is 48.4 Å². The highest BCUT2D eigenvalue weighted by atomic mass is 15.0. The molecular weight excluding hydrogens is 258 g/mol. The fraction of sp³-hybridized carbons (Fsp3) is 0.500. The predicted octanol–water partition coefficient (Wildman–Crippen LogP) is 4.32. The van der Waals surface area contributed by atoms with Gasteiger partial charge in [-0.05, 0) is 31.0 Å². The molecule has 0 bridgehead atoms. The van der Waals surface area contributed by atoms with Crippen molar-refractivity contribution >= 4 is 0 Å². The Morgan fingerprint density at radius 3 is 2.62 bits per heavy atom. The molecule has 1 heterocycles. The maximum atomic E-state index is 4.07. The van der Waals surface area contributed by atoms with E-state index >= 15 is 0 Å². The van der Waals surface area contributed by atoms with Crippen molar-refractivity contribution in [1.82, 2.24) is 14.9 Å². The number of hydrogen-bond donors (Lipinski definition) is 1. The van der Waals surface area contributed by atoms with Crippen LogP contribution in [0.5, 0.6) is 0 Å². The van der Waals surface area contributed by atoms with Crippen LogP contribution in [0.2, 0.25) is 0 Å². The molecule has 0 spiro atoms. The van der Waals surface area contributed by atoms with Crippen LogP contribution in [0.1, 0.15) is 51.5 Å². The number of benzene rings is 1. The van der Waals surface area contributed by atoms with Crippen molar-refractivity contribution in [2.45, 2.75) is 58.5 Å². The minimum Gasteiger partial charge on any atom is -0.310 e. The lowest BCUT2D eigenvalue weighted by atomic mass is 10.1. The molecule has 0 aliphatic carbocycles. The summed E-state index contributed by atoms with van der Waals surface area (Å²) in [4.78, 5) is 4.07. The van der Waals surface area contributed by atoms with Gasteiger partial charge in [0.15, 0.2) is 0 Å². The van der Waals surface area contributed by atoms with Crippen molar-refractivity contribution < 1.29 is 0 Å². The summed E-state index contributed by atoms with van der Waals surface area (Å²) in [6.07, 6.45) is 12.2. The van der Waals surface area contributed by atoms with Crippen LogP contribution in [0, 0.1) is 0 Å². The molecule has 0 amide bonds. The quantitative estimate of drug-likeness (QED) is 0.695. The zero-order valence-corrected chi connectivity index (χ0v) is 13.3. The maximum absolute atomic E-state index is 4.07. The van der Waals surface area contributed by atoms with Crippen LogP contribution >= 0.6 is 0 Å². The third kappa shape index (κ3) is 5.35. The molecule has 1 aromatic heterocycles. The number of aromatic nitrogens is 2. The Bertz CT molecular complexity index is 488. The first kappa shape index (κ1) is 15.8. The van der Waals surface area contributed by atoms with Gasteiger partial charge in [0.25, 0.3) is 0 Å². The smallest absolute Gasteiger partial charge is 0.0991 e. The summed E-state index contributed by atoms with van der Waals surface area (Å²) < 4.78 is 2.02. The van der Waals surface area contributed by atoms with E-state index < -0.39 is 0 Å². The fourth-order valence-electron chi connectivity index (χ4n) is 2.47. The molecule has 3 heteroatoms. The van der Waals surface area contributed by atoms with Crippen molar-refractivity contribution in [1.29, 1.82) is 0 Å². The van der Waals surface area contributed by atoms with E-state index in [1.54, 1.807) is 6.20 Å². The molecule has 0 aliphatic rings. The fourth-order valence-corrected chi connectivity index (χ4v) is 2.47. The predicted molar refractivity (Wildman–Crippen MR) is 88.6 cm³/mol. The van der Waals surface area contributed by atoms with Crippen molar-refractivity contribution in [2.24, 2.45) is 0 Å². The standard InChI is InChI=1S/C18H27N3/c1-3-4-5-6-7-16(2)20-14-17-8-10-18(11-9-17)21-13-12-19-15-21/h8-13,15-16,20H,3-7,14H2,1-2H3. The van der Waals surface area contributed by atoms with E-state index in [0.29, 0.717) is 6.04 Å². The maximum Gasteiger partial charge on any atom is 0.0991 e. The number of unbranched alkanes of at least 4 members (excludes halogenated alkanes) is 3. The Morgan fingerprint density at radius 1 is 1.14 bits per heavy atom. The molecule has 3 nitrogen and oxygen atoms in total. The Morgan fingerprint density at radius 2 is 1.95 bits per heavy atom. The van der Waals surface area contributed by atoms with Crippen LogP contribution in [-0.2, 0) is 6.54 Å². The first-order valence-corrected chi connectivity index (χ1v) is 8.10. The van der Waals surface area contributed by atoms with Gasteiger partial charge in [0.05, 0.1) is 6.33 Å². The van der Waals surface area contributed by atoms with Gasteiger partial charge in [0.1, 0.15) is 0 Å². The van der Waals surface area contributed by atoms with Crippen LogP contribution in [-0.4, -0.2) is 15.6 Å². The summed E-state index contributed by atoms with van der Waals surface area (Å²) in [6, 6.07) is 9.25. The molecule has 0 saturated heterocycles. The molecule has 114 valence electrons. The topological polar surface area (TPSA) is 29.9 Å². The first-order chi connectivity index (χ1) is 10.3. The molecule has 0 aliphatic heterocycles. The average molecular weight is 285 g/mol. The summed E-state index contributed by atoms with van der Waals surface area (Å²) in [5.74, 6) is 0. The molecule has 2 aromatic rings. The van der Waals surface area contributed by atoms with Gasteiger partial charge in [-0.2, -0.15) is 0 Å². The number of imidazole rings is 1. The van der Waals surface area contributed by atoms with Gasteiger partial charge in [-0.3, -0.25) is 0 Å². The molecule has 2 rings (SSSR count). The lowest BCUT2D eigenvalue weighted by Gasteiger charge is -2.14. The van der Waals surface area contributed by atoms with E-state index in [1.807, 2.05) is 17.1 Å². The second-order valence-electron chi connectivity index (χ2n) is 5.77. The summed E-state index contributed by atoms with van der Waals surface area (Å²) in [6.45, 7) is 5.49. The van der Waals surface area contributed by atoms with E-state index in [9.17, 15) is 0 Å². The summed E-state index contributed by atoms with van der Waals surface area (Å²) in [5.41, 5.74) is 2.49. The average Bonchev–Trinajstić information content (AvgIpc) is 3.04. The van der Waals surface area contributed by atoms with Gasteiger partial charge in [0, 0.05) is 30.7 Å². The number of nitrogens with zero attached hydrogens (tertiary/aromatic N) is 2. The number of nitrogens with one attached hydrogen (secondary N) is 1. The van der Waals surface area contributed by atoms with Gasteiger partial charge in [-0.25, -0.2) is 4.98 Å². The Labute approximate surface area is 128 Å². The second-order valence-corrected chi connectivity index (χ2v) is 5.77. The second kappa shape index (κ2) is 8.63. The van der Waals surface area contributed by atoms with Gasteiger partial charge in [0.2, 0.25) is 0 Å². The van der Waals surface area contributed by atoms with Gasteiger partial charge in [-0.15, -0.1) is 0 Å². The molecule has 0 radical (unpaired) electrons. The minimum absolute atomic E-state index is 0.593. The Kier molecular flexibility index (Phi) is 6.48. The Balaban J connectivity index is 1.73. The Hall–Kier alpha value is -1.61. The molecule has 21 heavy (non-hydrogen) atoms. The monoisotopic (exact) mass is 285 g/mol. The van der Waals surface area contributed by atoms with E-state index in [0.717, 1.165) is 12.2 Å². The van der Waals surface area contributed by atoms with Gasteiger partial charge < -0.3 is 9.88 Å². The van der Waals surface area contributed by atoms with E-state index in [-0.39, 0.29) is 0 Å². The van der Waals surface area contributed by atoms with E-state index in [1.165, 1.54) is 37.7 Å². The van der Waals surface area contributed by atoms with Gasteiger partial charge >= 0.3 is 0 Å². The first-order valence-electron chi connectivity index (χ1n) is 8.10. The van der Waals surface area contributed by atoms with Crippen molar-refractivity contribution in [3.05, 3.63) is 48.5 Å². The summed E-state index contributed by atoms with van der Waals surface area (Å²) in [7, 11) is 0. The van der Waals surface area contributed by atoms with E-state index in [4.69, 9.17) is 0 Å². The van der Waals surface area contributed by atoms with Crippen molar-refractivity contribution in [3.8, 4) is 5.69 Å². The highest BCUT2D eigenvalue weighted by Gasteiger charge is 2.02. The largest absolute Gasteiger partial charge is 0.310 e. The zero-order valence-electron chi connectivity index (χ0n) is 13.3. The number of rotatable bonds is 9. The van der Waals surface area contributed by atoms with Crippen LogP contribution in [0.15, 0.2) is 43.0 Å². The lowest BCUT2D eigenvalue weighted by molar-refractivity contribution is 0.482. The molecule has 1 atom stereocenters. The lowest BCUT2D eigenvalue weighted by Crippen LogP contribution is -2.25. The van der Waals surface area contributed by atoms with Crippen molar-refractivity contribution in [3.63, 3.8) is 0 Å². The van der Waals surface area contributed by atoms with Crippen LogP contribution < -0.4 is 5.32 Å². The third-order valence-electron chi connectivity index (χ3n) is 3.88. The normalized spacial score (nSPS) is 12.5. The minimum atomic E-state index is 0.593. The molecule has 1 aromatic carbocycles. The van der Waals surface area contributed by atoms with Crippen LogP contribution in [0.4, 0.5) is 0 Å². The molecule has 1 N–H and O–H groups in total. The summed E-state index contributed by atoms with van der Waals surface area (Å²) in [5, 5.41) is 3.61. The third-order valence-corrected chi connectivity index (χ3v) is 3.88. The highest BCUT2D eigenvalue weighted by molar-refractivity contribution is 5.34. The van der Waals surface area contributed by atoms with Crippen molar-refractivity contribution in [2.75, 3.05) is 0 Å². The summed E-state index contributed by atoms with van der Waals surface area (Å²) >= 11 is 0.